The van der Waals surface area contributed by atoms with E-state index < -0.39 is 5.97 Å². The van der Waals surface area contributed by atoms with Gasteiger partial charge in [-0.05, 0) is 47.4 Å². The first kappa shape index (κ1) is 19.1. The SMILES string of the molecule is CC(C)c1c(-c2cc(F)cc3[nH]ccc23)[nH]c(C(=O)O)c1-c1cccc2ncccc12. The van der Waals surface area contributed by atoms with Gasteiger partial charge in [0.2, 0.25) is 0 Å². The summed E-state index contributed by atoms with van der Waals surface area (Å²) in [4.78, 5) is 22.9. The topological polar surface area (TPSA) is 81.8 Å². The van der Waals surface area contributed by atoms with Crippen LogP contribution < -0.4 is 0 Å². The average Bonchev–Trinajstić information content (AvgIpc) is 3.37. The van der Waals surface area contributed by atoms with Crippen molar-refractivity contribution in [1.29, 1.82) is 0 Å². The predicted octanol–water partition coefficient (Wildman–Crippen LogP) is 6.34. The number of pyridine rings is 1. The maximum absolute atomic E-state index is 14.4. The zero-order chi connectivity index (χ0) is 21.7. The number of hydrogen-bond donors (Lipinski definition) is 3. The minimum Gasteiger partial charge on any atom is -0.477 e. The Bertz CT molecular complexity index is 1460. The van der Waals surface area contributed by atoms with Gasteiger partial charge in [-0.3, -0.25) is 4.98 Å². The zero-order valence-electron chi connectivity index (χ0n) is 17.0. The molecule has 0 saturated carbocycles. The molecule has 3 aromatic heterocycles. The highest BCUT2D eigenvalue weighted by Gasteiger charge is 2.27. The molecule has 5 rings (SSSR count). The number of aromatic nitrogens is 3. The third-order valence-corrected chi connectivity index (χ3v) is 5.65. The number of H-pyrrole nitrogens is 2. The molecule has 3 heterocycles. The van der Waals surface area contributed by atoms with Crippen LogP contribution in [0.5, 0.6) is 0 Å². The molecule has 2 aromatic carbocycles. The van der Waals surface area contributed by atoms with E-state index in [2.05, 4.69) is 15.0 Å². The Hall–Kier alpha value is -3.93. The molecule has 0 atom stereocenters. The molecule has 6 heteroatoms. The van der Waals surface area contributed by atoms with E-state index in [-0.39, 0.29) is 17.4 Å². The average molecular weight is 413 g/mol. The second-order valence-corrected chi connectivity index (χ2v) is 7.89. The minimum atomic E-state index is -1.06. The van der Waals surface area contributed by atoms with Crippen molar-refractivity contribution in [2.75, 3.05) is 0 Å². The number of carbonyl (C=O) groups is 1. The number of hydrogen-bond acceptors (Lipinski definition) is 2. The first-order valence-electron chi connectivity index (χ1n) is 10.1. The summed E-state index contributed by atoms with van der Waals surface area (Å²) in [5.41, 5.74) is 5.02. The van der Waals surface area contributed by atoms with Crippen LogP contribution in [0.3, 0.4) is 0 Å². The Morgan fingerprint density at radius 3 is 2.68 bits per heavy atom. The Labute approximate surface area is 177 Å². The van der Waals surface area contributed by atoms with Crippen molar-refractivity contribution in [3.63, 3.8) is 0 Å². The molecular weight excluding hydrogens is 393 g/mol. The molecular formula is C25H20FN3O2. The maximum Gasteiger partial charge on any atom is 0.352 e. The monoisotopic (exact) mass is 413 g/mol. The lowest BCUT2D eigenvalue weighted by Gasteiger charge is -2.14. The first-order valence-corrected chi connectivity index (χ1v) is 10.1. The van der Waals surface area contributed by atoms with Crippen LogP contribution in [0.4, 0.5) is 4.39 Å². The summed E-state index contributed by atoms with van der Waals surface area (Å²) in [7, 11) is 0. The smallest absolute Gasteiger partial charge is 0.352 e. The third kappa shape index (κ3) is 2.99. The molecule has 0 amide bonds. The van der Waals surface area contributed by atoms with Crippen molar-refractivity contribution in [3.8, 4) is 22.4 Å². The second-order valence-electron chi connectivity index (χ2n) is 7.89. The van der Waals surface area contributed by atoms with Gasteiger partial charge in [0.15, 0.2) is 0 Å². The molecule has 0 aliphatic rings. The van der Waals surface area contributed by atoms with Crippen molar-refractivity contribution in [3.05, 3.63) is 78.0 Å². The van der Waals surface area contributed by atoms with Crippen LogP contribution >= 0.6 is 0 Å². The summed E-state index contributed by atoms with van der Waals surface area (Å²) in [5.74, 6) is -1.47. The van der Waals surface area contributed by atoms with Crippen molar-refractivity contribution in [1.82, 2.24) is 15.0 Å². The van der Waals surface area contributed by atoms with Crippen molar-refractivity contribution >= 4 is 27.8 Å². The molecule has 0 fully saturated rings. The van der Waals surface area contributed by atoms with E-state index in [0.29, 0.717) is 22.3 Å². The second kappa shape index (κ2) is 7.09. The number of rotatable bonds is 4. The summed E-state index contributed by atoms with van der Waals surface area (Å²) in [5, 5.41) is 11.8. The van der Waals surface area contributed by atoms with Crippen molar-refractivity contribution in [2.45, 2.75) is 19.8 Å². The van der Waals surface area contributed by atoms with Gasteiger partial charge in [-0.1, -0.05) is 32.0 Å². The molecule has 3 N–H and O–H groups in total. The lowest BCUT2D eigenvalue weighted by molar-refractivity contribution is 0.0692. The first-order chi connectivity index (χ1) is 15.0. The van der Waals surface area contributed by atoms with Crippen LogP contribution in [0.2, 0.25) is 0 Å². The van der Waals surface area contributed by atoms with E-state index in [1.54, 1.807) is 12.4 Å². The molecule has 0 bridgehead atoms. The Balaban J connectivity index is 1.91. The van der Waals surface area contributed by atoms with Crippen LogP contribution in [0, 0.1) is 5.82 Å². The van der Waals surface area contributed by atoms with Crippen LogP contribution in [-0.2, 0) is 0 Å². The minimum absolute atomic E-state index is 0.0152. The number of nitrogens with one attached hydrogen (secondary N) is 2. The third-order valence-electron chi connectivity index (χ3n) is 5.65. The molecule has 5 aromatic rings. The molecule has 0 radical (unpaired) electrons. The van der Waals surface area contributed by atoms with Gasteiger partial charge in [-0.2, -0.15) is 0 Å². The van der Waals surface area contributed by atoms with E-state index in [1.165, 1.54) is 12.1 Å². The van der Waals surface area contributed by atoms with Crippen LogP contribution in [0.15, 0.2) is 60.9 Å². The lowest BCUT2D eigenvalue weighted by atomic mass is 9.89. The number of aromatic carboxylic acids is 1. The van der Waals surface area contributed by atoms with Crippen LogP contribution in [0.1, 0.15) is 35.8 Å². The number of aromatic amines is 2. The highest BCUT2D eigenvalue weighted by atomic mass is 19.1. The van der Waals surface area contributed by atoms with Crippen LogP contribution in [0.25, 0.3) is 44.2 Å². The number of fused-ring (bicyclic) bond motifs is 2. The van der Waals surface area contributed by atoms with Gasteiger partial charge in [0.1, 0.15) is 11.5 Å². The molecule has 154 valence electrons. The Morgan fingerprint density at radius 1 is 1.06 bits per heavy atom. The summed E-state index contributed by atoms with van der Waals surface area (Å²) in [6.07, 6.45) is 3.46. The maximum atomic E-state index is 14.4. The van der Waals surface area contributed by atoms with Gasteiger partial charge in [0.25, 0.3) is 0 Å². The van der Waals surface area contributed by atoms with Gasteiger partial charge < -0.3 is 15.1 Å². The highest BCUT2D eigenvalue weighted by molar-refractivity contribution is 6.06. The van der Waals surface area contributed by atoms with Crippen LogP contribution in [-0.4, -0.2) is 26.0 Å². The van der Waals surface area contributed by atoms with E-state index in [4.69, 9.17) is 0 Å². The van der Waals surface area contributed by atoms with E-state index in [1.807, 2.05) is 50.2 Å². The van der Waals surface area contributed by atoms with E-state index >= 15 is 0 Å². The number of halogens is 1. The molecule has 31 heavy (non-hydrogen) atoms. The van der Waals surface area contributed by atoms with Gasteiger partial charge in [0.05, 0.1) is 11.2 Å². The van der Waals surface area contributed by atoms with E-state index in [9.17, 15) is 14.3 Å². The predicted molar refractivity (Wildman–Crippen MR) is 120 cm³/mol. The summed E-state index contributed by atoms with van der Waals surface area (Å²) < 4.78 is 14.4. The highest BCUT2D eigenvalue weighted by Crippen LogP contribution is 2.43. The van der Waals surface area contributed by atoms with Gasteiger partial charge >= 0.3 is 5.97 Å². The molecule has 0 unspecified atom stereocenters. The lowest BCUT2D eigenvalue weighted by Crippen LogP contribution is -2.00. The van der Waals surface area contributed by atoms with Gasteiger partial charge in [-0.15, -0.1) is 0 Å². The quantitative estimate of drug-likeness (QED) is 0.322. The number of nitrogens with zero attached hydrogens (tertiary/aromatic N) is 1. The molecule has 0 saturated heterocycles. The number of carboxylic acids is 1. The summed E-state index contributed by atoms with van der Waals surface area (Å²) in [6, 6.07) is 14.2. The fourth-order valence-corrected chi connectivity index (χ4v) is 4.40. The van der Waals surface area contributed by atoms with Crippen molar-refractivity contribution in [2.24, 2.45) is 0 Å². The standard InChI is InChI=1S/C25H20FN3O2/c1-13(2)21-22(17-5-3-7-19-15(17)6-4-9-27-19)24(25(30)31)29-23(21)18-11-14(26)12-20-16(18)8-10-28-20/h3-13,28-29H,1-2H3,(H,30,31). The Kier molecular flexibility index (Phi) is 4.36. The Morgan fingerprint density at radius 2 is 1.90 bits per heavy atom. The number of benzene rings is 2. The van der Waals surface area contributed by atoms with Gasteiger partial charge in [-0.25, -0.2) is 9.18 Å². The normalized spacial score (nSPS) is 11.6. The van der Waals surface area contributed by atoms with Crippen molar-refractivity contribution < 1.29 is 14.3 Å². The largest absolute Gasteiger partial charge is 0.477 e. The van der Waals surface area contributed by atoms with E-state index in [0.717, 1.165) is 27.4 Å². The molecule has 0 aliphatic heterocycles. The fraction of sp³-hybridized carbons (Fsp3) is 0.120. The fourth-order valence-electron chi connectivity index (χ4n) is 4.40. The molecule has 0 aliphatic carbocycles. The van der Waals surface area contributed by atoms with Gasteiger partial charge in [0, 0.05) is 39.8 Å². The summed E-state index contributed by atoms with van der Waals surface area (Å²) in [6.45, 7) is 4.03. The summed E-state index contributed by atoms with van der Waals surface area (Å²) >= 11 is 0. The molecule has 5 nitrogen and oxygen atoms in total. The number of carboxylic acid groups (broad SMARTS) is 1. The zero-order valence-corrected chi connectivity index (χ0v) is 17.0. The molecule has 0 spiro atoms.